The van der Waals surface area contributed by atoms with Crippen LogP contribution in [0.25, 0.3) is 10.8 Å². The van der Waals surface area contributed by atoms with E-state index in [-0.39, 0.29) is 6.10 Å². The smallest absolute Gasteiger partial charge is 0.305 e. The topological polar surface area (TPSA) is 44.8 Å². The second kappa shape index (κ2) is 5.06. The Kier molecular flexibility index (Phi) is 3.27. The summed E-state index contributed by atoms with van der Waals surface area (Å²) in [6.45, 7) is 0.636. The zero-order chi connectivity index (χ0) is 12.4. The van der Waals surface area contributed by atoms with Crippen LogP contribution in [0.3, 0.4) is 0 Å². The molecule has 0 amide bonds. The van der Waals surface area contributed by atoms with E-state index in [4.69, 9.17) is 13.1 Å². The van der Waals surface area contributed by atoms with Crippen molar-refractivity contribution in [3.8, 4) is 5.75 Å². The van der Waals surface area contributed by atoms with Crippen molar-refractivity contribution in [1.82, 2.24) is 0 Å². The minimum absolute atomic E-state index is 0.273. The van der Waals surface area contributed by atoms with E-state index in [1.807, 2.05) is 42.5 Å². The highest BCUT2D eigenvalue weighted by Gasteiger charge is 2.24. The van der Waals surface area contributed by atoms with Crippen LogP contribution in [-0.4, -0.2) is 23.5 Å². The van der Waals surface area contributed by atoms with Gasteiger partial charge in [-0.3, -0.25) is 8.37 Å². The summed E-state index contributed by atoms with van der Waals surface area (Å²) in [4.78, 5) is 0. The molecule has 94 valence electrons. The van der Waals surface area contributed by atoms with E-state index in [1.165, 1.54) is 0 Å². The summed E-state index contributed by atoms with van der Waals surface area (Å²) in [5.41, 5.74) is 0. The molecule has 2 atom stereocenters. The largest absolute Gasteiger partial charge is 0.490 e. The maximum absolute atomic E-state index is 10.9. The standard InChI is InChI=1S/C13H12O4S/c14-18-16-9-11(17-18)8-15-13-7-3-5-10-4-1-2-6-12(10)13/h1-7,11H,8-9H2/t11-,18+/m0/s1. The Morgan fingerprint density at radius 3 is 2.89 bits per heavy atom. The molecule has 0 aromatic heterocycles. The normalized spacial score (nSPS) is 23.3. The van der Waals surface area contributed by atoms with Gasteiger partial charge in [0.05, 0.1) is 6.61 Å². The van der Waals surface area contributed by atoms with Gasteiger partial charge in [-0.2, -0.15) is 4.21 Å². The van der Waals surface area contributed by atoms with Crippen molar-refractivity contribution in [3.63, 3.8) is 0 Å². The summed E-state index contributed by atoms with van der Waals surface area (Å²) >= 11 is -1.62. The van der Waals surface area contributed by atoms with Crippen LogP contribution in [0, 0.1) is 0 Å². The molecule has 1 heterocycles. The fourth-order valence-electron chi connectivity index (χ4n) is 1.88. The van der Waals surface area contributed by atoms with E-state index in [2.05, 4.69) is 0 Å². The first-order valence-electron chi connectivity index (χ1n) is 5.66. The summed E-state index contributed by atoms with van der Waals surface area (Å²) < 4.78 is 26.4. The molecule has 0 spiro atoms. The number of rotatable bonds is 3. The van der Waals surface area contributed by atoms with Crippen molar-refractivity contribution in [2.75, 3.05) is 13.2 Å². The molecule has 1 saturated heterocycles. The molecule has 0 N–H and O–H groups in total. The van der Waals surface area contributed by atoms with Crippen molar-refractivity contribution in [2.45, 2.75) is 6.10 Å². The Balaban J connectivity index is 1.76. The summed E-state index contributed by atoms with van der Waals surface area (Å²) in [5.74, 6) is 0.800. The zero-order valence-electron chi connectivity index (χ0n) is 9.57. The summed E-state index contributed by atoms with van der Waals surface area (Å²) in [7, 11) is 0. The van der Waals surface area contributed by atoms with Gasteiger partial charge in [0.15, 0.2) is 0 Å². The first-order chi connectivity index (χ1) is 8.83. The average Bonchev–Trinajstić information content (AvgIpc) is 2.82. The predicted octanol–water partition coefficient (Wildman–Crippen LogP) is 2.21. The molecule has 2 aromatic carbocycles. The Morgan fingerprint density at radius 2 is 2.06 bits per heavy atom. The third-order valence-electron chi connectivity index (χ3n) is 2.74. The monoisotopic (exact) mass is 264 g/mol. The molecule has 0 radical (unpaired) electrons. The highest BCUT2D eigenvalue weighted by molar-refractivity contribution is 7.75. The minimum Gasteiger partial charge on any atom is -0.490 e. The number of benzene rings is 2. The van der Waals surface area contributed by atoms with E-state index in [0.717, 1.165) is 16.5 Å². The van der Waals surface area contributed by atoms with Gasteiger partial charge in [-0.25, -0.2) is 0 Å². The zero-order valence-corrected chi connectivity index (χ0v) is 10.4. The van der Waals surface area contributed by atoms with Crippen LogP contribution in [0.1, 0.15) is 0 Å². The molecule has 3 rings (SSSR count). The molecule has 1 fully saturated rings. The molecule has 0 bridgehead atoms. The maximum atomic E-state index is 10.9. The molecular weight excluding hydrogens is 252 g/mol. The molecule has 4 nitrogen and oxygen atoms in total. The summed E-state index contributed by atoms with van der Waals surface area (Å²) in [5, 5.41) is 2.18. The quantitative estimate of drug-likeness (QED) is 0.852. The summed E-state index contributed by atoms with van der Waals surface area (Å²) in [6.07, 6.45) is -0.273. The van der Waals surface area contributed by atoms with Crippen LogP contribution in [0.2, 0.25) is 0 Å². The molecule has 1 aliphatic rings. The lowest BCUT2D eigenvalue weighted by Crippen LogP contribution is -2.19. The van der Waals surface area contributed by atoms with Gasteiger partial charge in [0.25, 0.3) is 0 Å². The maximum Gasteiger partial charge on any atom is 0.305 e. The SMILES string of the molecule is O=[S@@]1OC[C@H](COc2cccc3ccccc23)O1. The van der Waals surface area contributed by atoms with Crippen LogP contribution < -0.4 is 4.74 Å². The van der Waals surface area contributed by atoms with Gasteiger partial charge in [-0.05, 0) is 11.5 Å². The molecule has 0 saturated carbocycles. The minimum atomic E-state index is -1.62. The van der Waals surface area contributed by atoms with Gasteiger partial charge in [0.1, 0.15) is 18.5 Å². The highest BCUT2D eigenvalue weighted by Crippen LogP contribution is 2.25. The number of hydrogen-bond acceptors (Lipinski definition) is 4. The molecule has 2 aromatic rings. The third-order valence-corrected chi connectivity index (χ3v) is 3.50. The molecular formula is C13H12O4S. The Morgan fingerprint density at radius 1 is 1.22 bits per heavy atom. The molecule has 0 unspecified atom stereocenters. The van der Waals surface area contributed by atoms with Crippen molar-refractivity contribution in [2.24, 2.45) is 0 Å². The van der Waals surface area contributed by atoms with Gasteiger partial charge in [-0.1, -0.05) is 36.4 Å². The van der Waals surface area contributed by atoms with Crippen LogP contribution >= 0.6 is 0 Å². The van der Waals surface area contributed by atoms with Gasteiger partial charge in [0.2, 0.25) is 0 Å². The third kappa shape index (κ3) is 2.38. The number of fused-ring (bicyclic) bond motifs is 1. The Hall–Kier alpha value is -1.43. The molecule has 1 aliphatic heterocycles. The molecule has 5 heteroatoms. The van der Waals surface area contributed by atoms with Crippen molar-refractivity contribution in [1.29, 1.82) is 0 Å². The van der Waals surface area contributed by atoms with Crippen molar-refractivity contribution >= 4 is 22.1 Å². The van der Waals surface area contributed by atoms with E-state index in [9.17, 15) is 4.21 Å². The Bertz CT molecular complexity index is 579. The van der Waals surface area contributed by atoms with E-state index in [1.54, 1.807) is 0 Å². The lowest BCUT2D eigenvalue weighted by molar-refractivity contribution is 0.152. The molecule has 0 aliphatic carbocycles. The lowest BCUT2D eigenvalue weighted by atomic mass is 10.1. The molecule has 18 heavy (non-hydrogen) atoms. The van der Waals surface area contributed by atoms with E-state index in [0.29, 0.717) is 13.2 Å². The fourth-order valence-corrected chi connectivity index (χ4v) is 2.53. The van der Waals surface area contributed by atoms with Gasteiger partial charge in [0, 0.05) is 5.39 Å². The van der Waals surface area contributed by atoms with Gasteiger partial charge in [-0.15, -0.1) is 0 Å². The van der Waals surface area contributed by atoms with Crippen LogP contribution in [0.15, 0.2) is 42.5 Å². The first kappa shape index (κ1) is 11.6. The van der Waals surface area contributed by atoms with Gasteiger partial charge >= 0.3 is 11.4 Å². The number of ether oxygens (including phenoxy) is 1. The first-order valence-corrected chi connectivity index (χ1v) is 6.66. The number of hydrogen-bond donors (Lipinski definition) is 0. The second-order valence-corrected chi connectivity index (χ2v) is 4.83. The van der Waals surface area contributed by atoms with Crippen LogP contribution in [0.4, 0.5) is 0 Å². The fraction of sp³-hybridized carbons (Fsp3) is 0.231. The van der Waals surface area contributed by atoms with Gasteiger partial charge < -0.3 is 4.74 Å². The lowest BCUT2D eigenvalue weighted by Gasteiger charge is -2.11. The highest BCUT2D eigenvalue weighted by atomic mass is 32.2. The summed E-state index contributed by atoms with van der Waals surface area (Å²) in [6, 6.07) is 13.9. The predicted molar refractivity (Wildman–Crippen MR) is 68.4 cm³/mol. The Labute approximate surface area is 107 Å². The van der Waals surface area contributed by atoms with E-state index >= 15 is 0 Å². The average molecular weight is 264 g/mol. The second-order valence-electron chi connectivity index (χ2n) is 4.00. The van der Waals surface area contributed by atoms with Crippen LogP contribution in [0.5, 0.6) is 5.75 Å². The van der Waals surface area contributed by atoms with Crippen LogP contribution in [-0.2, 0) is 19.7 Å². The van der Waals surface area contributed by atoms with E-state index < -0.39 is 11.4 Å². The van der Waals surface area contributed by atoms with Crippen molar-refractivity contribution in [3.05, 3.63) is 42.5 Å². The van der Waals surface area contributed by atoms with Crippen molar-refractivity contribution < 1.29 is 17.3 Å².